The van der Waals surface area contributed by atoms with Crippen LogP contribution in [0, 0.1) is 18.6 Å². The minimum absolute atomic E-state index is 0.277. The van der Waals surface area contributed by atoms with Gasteiger partial charge in [-0.15, -0.1) is 5.10 Å². The predicted octanol–water partition coefficient (Wildman–Crippen LogP) is 3.79. The summed E-state index contributed by atoms with van der Waals surface area (Å²) in [5, 5.41) is 11.0. The molecule has 0 bridgehead atoms. The van der Waals surface area contributed by atoms with E-state index >= 15 is 0 Å². The molecule has 8 heteroatoms. The summed E-state index contributed by atoms with van der Waals surface area (Å²) in [6.45, 7) is 7.23. The Morgan fingerprint density at radius 2 is 1.79 bits per heavy atom. The van der Waals surface area contributed by atoms with E-state index in [1.54, 1.807) is 0 Å². The van der Waals surface area contributed by atoms with Crippen molar-refractivity contribution in [3.8, 4) is 5.69 Å². The Bertz CT molecular complexity index is 976. The van der Waals surface area contributed by atoms with E-state index in [-0.39, 0.29) is 5.69 Å². The number of nitrogens with one attached hydrogen (secondary N) is 2. The number of benzene rings is 2. The third-order valence-electron chi connectivity index (χ3n) is 4.85. The molecule has 0 unspecified atom stereocenters. The van der Waals surface area contributed by atoms with Crippen LogP contribution < -0.4 is 15.5 Å². The van der Waals surface area contributed by atoms with Gasteiger partial charge < -0.3 is 15.5 Å². The largest absolute Gasteiger partial charge is 0.368 e. The third kappa shape index (κ3) is 4.54. The Kier molecular flexibility index (Phi) is 5.44. The van der Waals surface area contributed by atoms with E-state index < -0.39 is 11.6 Å². The number of hydrogen-bond donors (Lipinski definition) is 2. The fourth-order valence-electron chi connectivity index (χ4n) is 3.43. The summed E-state index contributed by atoms with van der Waals surface area (Å²) in [5.74, 6) is -0.957. The number of rotatable bonds is 7. The smallest absolute Gasteiger partial charge is 0.246 e. The summed E-state index contributed by atoms with van der Waals surface area (Å²) in [7, 11) is 0. The lowest BCUT2D eigenvalue weighted by Gasteiger charge is -2.41. The van der Waals surface area contributed by atoms with Crippen molar-refractivity contribution < 1.29 is 8.78 Å². The molecule has 2 N–H and O–H groups in total. The molecule has 0 radical (unpaired) electrons. The third-order valence-corrected chi connectivity index (χ3v) is 4.85. The van der Waals surface area contributed by atoms with Gasteiger partial charge >= 0.3 is 0 Å². The average Bonchev–Trinajstić information content (AvgIpc) is 3.08. The maximum absolute atomic E-state index is 13.4. The molecule has 0 spiro atoms. The van der Waals surface area contributed by atoms with Crippen molar-refractivity contribution in [2.45, 2.75) is 26.3 Å². The van der Waals surface area contributed by atoms with Crippen molar-refractivity contribution in [2.75, 3.05) is 29.9 Å². The molecular formula is C21H24F2N6. The van der Waals surface area contributed by atoms with Crippen LogP contribution in [0.5, 0.6) is 0 Å². The lowest BCUT2D eigenvalue weighted by atomic mass is 10.1. The van der Waals surface area contributed by atoms with E-state index in [0.29, 0.717) is 12.0 Å². The molecule has 1 fully saturated rings. The second kappa shape index (κ2) is 8.16. The molecule has 1 saturated heterocycles. The van der Waals surface area contributed by atoms with Crippen LogP contribution in [0.25, 0.3) is 5.69 Å². The fraction of sp³-hybridized carbons (Fsp3) is 0.333. The van der Waals surface area contributed by atoms with Gasteiger partial charge in [0.05, 0.1) is 5.69 Å². The highest BCUT2D eigenvalue weighted by Gasteiger charge is 2.26. The zero-order valence-electron chi connectivity index (χ0n) is 16.5. The summed E-state index contributed by atoms with van der Waals surface area (Å²) in [5.41, 5.74) is 3.42. The molecule has 6 nitrogen and oxygen atoms in total. The maximum Gasteiger partial charge on any atom is 0.246 e. The first-order valence-electron chi connectivity index (χ1n) is 9.75. The molecule has 152 valence electrons. The topological polar surface area (TPSA) is 58.0 Å². The second-order valence-corrected chi connectivity index (χ2v) is 7.38. The van der Waals surface area contributed by atoms with Gasteiger partial charge in [-0.3, -0.25) is 0 Å². The van der Waals surface area contributed by atoms with Gasteiger partial charge in [-0.2, -0.15) is 4.98 Å². The van der Waals surface area contributed by atoms with Crippen molar-refractivity contribution >= 4 is 17.3 Å². The fourth-order valence-corrected chi connectivity index (χ4v) is 3.43. The Morgan fingerprint density at radius 3 is 2.52 bits per heavy atom. The standard InChI is InChI=1S/C21H24F2N6/c1-3-4-24-18-11-28(12-18)19-6-14(2)5-17(10-19)26-21-25-13-29(27-21)20-8-15(22)7-16(23)9-20/h5-10,13,18,24H,3-4,11-12H2,1-2H3,(H,26,27). The van der Waals surface area contributed by atoms with Crippen molar-refractivity contribution in [1.82, 2.24) is 20.1 Å². The Labute approximate surface area is 168 Å². The SMILES string of the molecule is CCCNC1CN(c2cc(C)cc(Nc3ncn(-c4cc(F)cc(F)c4)n3)c2)C1. The van der Waals surface area contributed by atoms with Gasteiger partial charge in [0.25, 0.3) is 0 Å². The molecule has 0 amide bonds. The van der Waals surface area contributed by atoms with Crippen molar-refractivity contribution in [2.24, 2.45) is 0 Å². The number of hydrogen-bond acceptors (Lipinski definition) is 5. The number of anilines is 3. The van der Waals surface area contributed by atoms with Crippen LogP contribution in [0.15, 0.2) is 42.7 Å². The molecule has 1 aliphatic heterocycles. The number of aryl methyl sites for hydroxylation is 1. The van der Waals surface area contributed by atoms with Gasteiger partial charge in [-0.1, -0.05) is 6.92 Å². The lowest BCUT2D eigenvalue weighted by Crippen LogP contribution is -2.58. The predicted molar refractivity (Wildman–Crippen MR) is 110 cm³/mol. The van der Waals surface area contributed by atoms with Crippen LogP contribution in [0.3, 0.4) is 0 Å². The maximum atomic E-state index is 13.4. The Morgan fingerprint density at radius 1 is 1.03 bits per heavy atom. The van der Waals surface area contributed by atoms with Crippen molar-refractivity contribution in [3.05, 3.63) is 59.9 Å². The number of aromatic nitrogens is 3. The first kappa shape index (κ1) is 19.3. The molecule has 4 rings (SSSR count). The normalized spacial score (nSPS) is 14.1. The van der Waals surface area contributed by atoms with Gasteiger partial charge in [-0.25, -0.2) is 13.5 Å². The highest BCUT2D eigenvalue weighted by atomic mass is 19.1. The molecule has 0 saturated carbocycles. The molecule has 29 heavy (non-hydrogen) atoms. The molecule has 3 aromatic rings. The highest BCUT2D eigenvalue weighted by molar-refractivity contribution is 5.64. The minimum Gasteiger partial charge on any atom is -0.368 e. The average molecular weight is 398 g/mol. The molecule has 1 aromatic heterocycles. The number of halogens is 2. The van der Waals surface area contributed by atoms with Crippen molar-refractivity contribution in [1.29, 1.82) is 0 Å². The van der Waals surface area contributed by atoms with Crippen LogP contribution in [0.4, 0.5) is 26.1 Å². The van der Waals surface area contributed by atoms with E-state index in [1.807, 2.05) is 13.0 Å². The summed E-state index contributed by atoms with van der Waals surface area (Å²) in [4.78, 5) is 6.53. The molecular weight excluding hydrogens is 374 g/mol. The van der Waals surface area contributed by atoms with E-state index in [2.05, 4.69) is 44.7 Å². The van der Waals surface area contributed by atoms with Gasteiger partial charge in [-0.05, 0) is 55.8 Å². The second-order valence-electron chi connectivity index (χ2n) is 7.38. The molecule has 1 aliphatic rings. The highest BCUT2D eigenvalue weighted by Crippen LogP contribution is 2.27. The monoisotopic (exact) mass is 398 g/mol. The van der Waals surface area contributed by atoms with Gasteiger partial charge in [0, 0.05) is 36.6 Å². The van der Waals surface area contributed by atoms with E-state index in [9.17, 15) is 8.78 Å². The lowest BCUT2D eigenvalue weighted by molar-refractivity contribution is 0.420. The van der Waals surface area contributed by atoms with E-state index in [4.69, 9.17) is 0 Å². The van der Waals surface area contributed by atoms with Gasteiger partial charge in [0.2, 0.25) is 5.95 Å². The summed E-state index contributed by atoms with van der Waals surface area (Å²) in [6.07, 6.45) is 2.56. The van der Waals surface area contributed by atoms with E-state index in [0.717, 1.165) is 49.1 Å². The molecule has 2 heterocycles. The van der Waals surface area contributed by atoms with Crippen LogP contribution >= 0.6 is 0 Å². The van der Waals surface area contributed by atoms with Crippen LogP contribution in [-0.2, 0) is 0 Å². The summed E-state index contributed by atoms with van der Waals surface area (Å²) in [6, 6.07) is 10.0. The molecule has 2 aromatic carbocycles. The van der Waals surface area contributed by atoms with Gasteiger partial charge in [0.1, 0.15) is 18.0 Å². The Balaban J connectivity index is 1.46. The summed E-state index contributed by atoms with van der Waals surface area (Å²) < 4.78 is 28.2. The van der Waals surface area contributed by atoms with E-state index in [1.165, 1.54) is 23.1 Å². The molecule has 0 aliphatic carbocycles. The summed E-state index contributed by atoms with van der Waals surface area (Å²) >= 11 is 0. The van der Waals surface area contributed by atoms with Crippen LogP contribution in [0.2, 0.25) is 0 Å². The zero-order valence-corrected chi connectivity index (χ0v) is 16.5. The van der Waals surface area contributed by atoms with Crippen LogP contribution in [-0.4, -0.2) is 40.4 Å². The zero-order chi connectivity index (χ0) is 20.4. The quantitative estimate of drug-likeness (QED) is 0.634. The van der Waals surface area contributed by atoms with Crippen molar-refractivity contribution in [3.63, 3.8) is 0 Å². The minimum atomic E-state index is -0.658. The van der Waals surface area contributed by atoms with Crippen LogP contribution in [0.1, 0.15) is 18.9 Å². The Hall–Kier alpha value is -3.00. The molecule has 0 atom stereocenters. The first-order chi connectivity index (χ1) is 14.0. The first-order valence-corrected chi connectivity index (χ1v) is 9.75. The number of nitrogens with zero attached hydrogens (tertiary/aromatic N) is 4. The van der Waals surface area contributed by atoms with Gasteiger partial charge in [0.15, 0.2) is 0 Å².